The van der Waals surface area contributed by atoms with Gasteiger partial charge in [0.2, 0.25) is 5.82 Å². The maximum atomic E-state index is 13.6. The molecule has 2 fully saturated rings. The molecule has 1 aromatic rings. The minimum atomic E-state index is -1.10. The van der Waals surface area contributed by atoms with Gasteiger partial charge in [0, 0.05) is 25.4 Å². The highest BCUT2D eigenvalue weighted by atomic mass is 19.2. The molecule has 1 heterocycles. The molecule has 6 nitrogen and oxygen atoms in total. The van der Waals surface area contributed by atoms with Crippen LogP contribution in [0.2, 0.25) is 0 Å². The monoisotopic (exact) mass is 440 g/mol. The highest BCUT2D eigenvalue weighted by molar-refractivity contribution is 5.66. The van der Waals surface area contributed by atoms with Crippen LogP contribution in [0.4, 0.5) is 8.78 Å². The fourth-order valence-corrected chi connectivity index (χ4v) is 4.57. The van der Waals surface area contributed by atoms with Crippen molar-refractivity contribution in [2.75, 3.05) is 13.2 Å². The Bertz CT molecular complexity index is 770. The third-order valence-electron chi connectivity index (χ3n) is 6.23. The second-order valence-corrected chi connectivity index (χ2v) is 8.46. The summed E-state index contributed by atoms with van der Waals surface area (Å²) >= 11 is 0. The standard InChI is InChI=1S/C23H30F2O6/c24-18-4-2-5-20(23(18)25)31-13-15(26)8-10-16-17-9-7-14(3-1-6-22(28)29)12-30-21(17)11-19(16)27/h2,4-5,8,10,14-17,19,21,26-27H,1,3,6-7,9,11-13H2,(H,28,29)/t14-,15+,16+,17+,19+,21-/m0/s1. The van der Waals surface area contributed by atoms with Crippen molar-refractivity contribution >= 4 is 5.97 Å². The van der Waals surface area contributed by atoms with E-state index in [9.17, 15) is 23.8 Å². The smallest absolute Gasteiger partial charge is 0.303 e. The Labute approximate surface area is 180 Å². The van der Waals surface area contributed by atoms with Crippen molar-refractivity contribution in [3.8, 4) is 5.75 Å². The summed E-state index contributed by atoms with van der Waals surface area (Å²) in [7, 11) is 0. The van der Waals surface area contributed by atoms with Gasteiger partial charge in [-0.2, -0.15) is 4.39 Å². The third-order valence-corrected chi connectivity index (χ3v) is 6.23. The Kier molecular flexibility index (Phi) is 8.40. The quantitative estimate of drug-likeness (QED) is 0.510. The summed E-state index contributed by atoms with van der Waals surface area (Å²) < 4.78 is 38.1. The van der Waals surface area contributed by atoms with Gasteiger partial charge in [-0.15, -0.1) is 0 Å². The van der Waals surface area contributed by atoms with Crippen LogP contribution < -0.4 is 4.74 Å². The van der Waals surface area contributed by atoms with Gasteiger partial charge in [-0.3, -0.25) is 4.79 Å². The molecule has 2 aliphatic rings. The number of carboxylic acid groups (broad SMARTS) is 1. The topological polar surface area (TPSA) is 96.2 Å². The zero-order valence-electron chi connectivity index (χ0n) is 17.3. The van der Waals surface area contributed by atoms with Gasteiger partial charge in [-0.1, -0.05) is 18.2 Å². The van der Waals surface area contributed by atoms with Crippen LogP contribution in [0, 0.1) is 29.4 Å². The minimum absolute atomic E-state index is 0.0658. The number of ether oxygens (including phenoxy) is 2. The normalized spacial score (nSPS) is 29.5. The number of carboxylic acids is 1. The maximum Gasteiger partial charge on any atom is 0.303 e. The maximum absolute atomic E-state index is 13.6. The summed E-state index contributed by atoms with van der Waals surface area (Å²) in [6, 6.07) is 3.60. The van der Waals surface area contributed by atoms with E-state index < -0.39 is 29.8 Å². The number of fused-ring (bicyclic) bond motifs is 1. The molecule has 0 unspecified atom stereocenters. The number of rotatable bonds is 9. The van der Waals surface area contributed by atoms with Crippen molar-refractivity contribution in [1.82, 2.24) is 0 Å². The zero-order valence-corrected chi connectivity index (χ0v) is 17.3. The van der Waals surface area contributed by atoms with E-state index in [-0.39, 0.29) is 36.7 Å². The van der Waals surface area contributed by atoms with Gasteiger partial charge >= 0.3 is 5.97 Å². The van der Waals surface area contributed by atoms with E-state index in [2.05, 4.69) is 0 Å². The molecule has 0 bridgehead atoms. The van der Waals surface area contributed by atoms with E-state index in [1.165, 1.54) is 18.2 Å². The van der Waals surface area contributed by atoms with E-state index in [4.69, 9.17) is 14.6 Å². The molecule has 0 spiro atoms. The van der Waals surface area contributed by atoms with Gasteiger partial charge in [0.15, 0.2) is 11.6 Å². The molecular formula is C23H30F2O6. The zero-order chi connectivity index (χ0) is 22.4. The Morgan fingerprint density at radius 3 is 2.90 bits per heavy atom. The Balaban J connectivity index is 1.51. The Hall–Kier alpha value is -2.03. The first kappa shape index (κ1) is 23.6. The van der Waals surface area contributed by atoms with Gasteiger partial charge in [-0.05, 0) is 49.7 Å². The molecular weight excluding hydrogens is 410 g/mol. The van der Waals surface area contributed by atoms with E-state index in [1.54, 1.807) is 6.08 Å². The molecule has 1 aliphatic heterocycles. The lowest BCUT2D eigenvalue weighted by atomic mass is 9.86. The summed E-state index contributed by atoms with van der Waals surface area (Å²) in [5.41, 5.74) is 0. The third kappa shape index (κ3) is 6.48. The first-order valence-electron chi connectivity index (χ1n) is 10.8. The molecule has 31 heavy (non-hydrogen) atoms. The lowest BCUT2D eigenvalue weighted by Crippen LogP contribution is -2.22. The van der Waals surface area contributed by atoms with Crippen molar-refractivity contribution in [2.24, 2.45) is 17.8 Å². The Morgan fingerprint density at radius 2 is 2.13 bits per heavy atom. The summed E-state index contributed by atoms with van der Waals surface area (Å²) in [6.45, 7) is 0.329. The highest BCUT2D eigenvalue weighted by Gasteiger charge is 2.43. The number of benzene rings is 1. The summed E-state index contributed by atoms with van der Waals surface area (Å²) in [5.74, 6) is -2.92. The average Bonchev–Trinajstić information content (AvgIpc) is 2.89. The van der Waals surface area contributed by atoms with E-state index in [0.717, 1.165) is 25.3 Å². The van der Waals surface area contributed by atoms with Gasteiger partial charge in [0.1, 0.15) is 12.7 Å². The van der Waals surface area contributed by atoms with Gasteiger partial charge < -0.3 is 24.8 Å². The van der Waals surface area contributed by atoms with Crippen LogP contribution in [0.3, 0.4) is 0 Å². The van der Waals surface area contributed by atoms with Crippen LogP contribution in [-0.4, -0.2) is 52.8 Å². The number of aliphatic carboxylic acids is 1. The van der Waals surface area contributed by atoms with Crippen molar-refractivity contribution in [1.29, 1.82) is 0 Å². The number of aliphatic hydroxyl groups is 2. The first-order chi connectivity index (χ1) is 14.8. The van der Waals surface area contributed by atoms with Crippen LogP contribution in [0.5, 0.6) is 5.75 Å². The lowest BCUT2D eigenvalue weighted by Gasteiger charge is -2.21. The van der Waals surface area contributed by atoms with E-state index >= 15 is 0 Å². The minimum Gasteiger partial charge on any atom is -0.487 e. The molecule has 6 atom stereocenters. The molecule has 1 aromatic carbocycles. The molecule has 0 radical (unpaired) electrons. The van der Waals surface area contributed by atoms with Crippen LogP contribution >= 0.6 is 0 Å². The summed E-state index contributed by atoms with van der Waals surface area (Å²) in [4.78, 5) is 10.7. The number of carbonyl (C=O) groups is 1. The fraction of sp³-hybridized carbons (Fsp3) is 0.609. The van der Waals surface area contributed by atoms with Crippen molar-refractivity contribution in [3.05, 3.63) is 42.0 Å². The predicted octanol–water partition coefficient (Wildman–Crippen LogP) is 3.31. The second-order valence-electron chi connectivity index (χ2n) is 8.46. The number of hydrogen-bond donors (Lipinski definition) is 3. The van der Waals surface area contributed by atoms with Crippen molar-refractivity contribution < 1.29 is 38.4 Å². The second kappa shape index (κ2) is 11.0. The molecule has 172 valence electrons. The lowest BCUT2D eigenvalue weighted by molar-refractivity contribution is -0.137. The molecule has 0 amide bonds. The van der Waals surface area contributed by atoms with Gasteiger partial charge in [-0.25, -0.2) is 4.39 Å². The number of hydrogen-bond acceptors (Lipinski definition) is 5. The SMILES string of the molecule is O=C(O)CCC[C@H]1CC[C@@H]2[C@@H](C=C[C@@H](O)COc3cccc(F)c3F)[C@H](O)C[C@@H]2OC1. The van der Waals surface area contributed by atoms with Gasteiger partial charge in [0.05, 0.1) is 12.2 Å². The molecule has 1 saturated carbocycles. The van der Waals surface area contributed by atoms with Crippen LogP contribution in [0.25, 0.3) is 0 Å². The van der Waals surface area contributed by atoms with Crippen LogP contribution in [0.15, 0.2) is 30.4 Å². The highest BCUT2D eigenvalue weighted by Crippen LogP contribution is 2.42. The summed E-state index contributed by atoms with van der Waals surface area (Å²) in [5, 5.41) is 29.4. The molecule has 1 saturated heterocycles. The molecule has 8 heteroatoms. The molecule has 0 aromatic heterocycles. The van der Waals surface area contributed by atoms with Crippen molar-refractivity contribution in [3.63, 3.8) is 0 Å². The van der Waals surface area contributed by atoms with Gasteiger partial charge in [0.25, 0.3) is 0 Å². The summed E-state index contributed by atoms with van der Waals surface area (Å²) in [6.07, 6.45) is 5.47. The van der Waals surface area contributed by atoms with Crippen LogP contribution in [0.1, 0.15) is 38.5 Å². The largest absolute Gasteiger partial charge is 0.487 e. The fourth-order valence-electron chi connectivity index (χ4n) is 4.57. The number of aliphatic hydroxyl groups excluding tert-OH is 2. The first-order valence-corrected chi connectivity index (χ1v) is 10.8. The Morgan fingerprint density at radius 1 is 1.32 bits per heavy atom. The molecule has 1 aliphatic carbocycles. The average molecular weight is 440 g/mol. The van der Waals surface area contributed by atoms with Crippen molar-refractivity contribution in [2.45, 2.75) is 56.8 Å². The predicted molar refractivity (Wildman–Crippen MR) is 109 cm³/mol. The molecule has 3 N–H and O–H groups in total. The van der Waals surface area contributed by atoms with E-state index in [0.29, 0.717) is 25.4 Å². The van der Waals surface area contributed by atoms with Crippen LogP contribution in [-0.2, 0) is 9.53 Å². The van der Waals surface area contributed by atoms with E-state index in [1.807, 2.05) is 0 Å². The molecule has 3 rings (SSSR count). The number of halogens is 2.